The van der Waals surface area contributed by atoms with Crippen LogP contribution in [0.25, 0.3) is 0 Å². The molecule has 0 atom stereocenters. The van der Waals surface area contributed by atoms with Crippen LogP contribution >= 0.6 is 11.3 Å². The van der Waals surface area contributed by atoms with E-state index in [9.17, 15) is 8.78 Å². The van der Waals surface area contributed by atoms with Gasteiger partial charge in [0.25, 0.3) is 6.43 Å². The third-order valence-electron chi connectivity index (χ3n) is 3.07. The summed E-state index contributed by atoms with van der Waals surface area (Å²) >= 11 is 0.889. The van der Waals surface area contributed by atoms with Gasteiger partial charge in [-0.2, -0.15) is 0 Å². The molecule has 0 aromatic carbocycles. The lowest BCUT2D eigenvalue weighted by Crippen LogP contribution is -2.47. The molecule has 96 valence electrons. The second kappa shape index (κ2) is 5.22. The third-order valence-corrected chi connectivity index (χ3v) is 3.96. The summed E-state index contributed by atoms with van der Waals surface area (Å²) in [6, 6.07) is 0. The van der Waals surface area contributed by atoms with Crippen LogP contribution in [0.1, 0.15) is 43.5 Å². The van der Waals surface area contributed by atoms with Crippen molar-refractivity contribution < 1.29 is 8.78 Å². The third kappa shape index (κ3) is 3.32. The smallest absolute Gasteiger partial charge is 0.291 e. The van der Waals surface area contributed by atoms with E-state index in [1.807, 2.05) is 0 Å². The van der Waals surface area contributed by atoms with E-state index >= 15 is 0 Å². The molecule has 0 aliphatic heterocycles. The van der Waals surface area contributed by atoms with Crippen LogP contribution in [-0.4, -0.2) is 22.3 Å². The molecule has 0 spiro atoms. The summed E-state index contributed by atoms with van der Waals surface area (Å²) in [4.78, 5) is 0. The maximum atomic E-state index is 12.3. The molecule has 7 heteroatoms. The first kappa shape index (κ1) is 12.6. The van der Waals surface area contributed by atoms with Crippen LogP contribution in [0.2, 0.25) is 0 Å². The number of nitrogens with two attached hydrogens (primary N) is 1. The highest BCUT2D eigenvalue weighted by Crippen LogP contribution is 2.28. The molecule has 0 bridgehead atoms. The number of anilines is 1. The van der Waals surface area contributed by atoms with Crippen LogP contribution < -0.4 is 11.1 Å². The zero-order chi connectivity index (χ0) is 12.3. The van der Waals surface area contributed by atoms with Gasteiger partial charge in [-0.15, -0.1) is 10.2 Å². The van der Waals surface area contributed by atoms with Crippen LogP contribution in [-0.2, 0) is 0 Å². The Balaban J connectivity index is 1.88. The van der Waals surface area contributed by atoms with Gasteiger partial charge in [-0.3, -0.25) is 0 Å². The predicted molar refractivity (Wildman–Crippen MR) is 63.4 cm³/mol. The molecule has 1 heterocycles. The lowest BCUT2D eigenvalue weighted by molar-refractivity contribution is 0.150. The number of hydrogen-bond donors (Lipinski definition) is 2. The Kier molecular flexibility index (Phi) is 3.88. The van der Waals surface area contributed by atoms with Crippen molar-refractivity contribution in [1.82, 2.24) is 10.2 Å². The first-order chi connectivity index (χ1) is 8.09. The second-order valence-corrected chi connectivity index (χ2v) is 5.53. The zero-order valence-corrected chi connectivity index (χ0v) is 10.3. The molecule has 1 fully saturated rings. The summed E-state index contributed by atoms with van der Waals surface area (Å²) < 4.78 is 24.6. The van der Waals surface area contributed by atoms with E-state index in [2.05, 4.69) is 15.5 Å². The molecule has 1 aliphatic rings. The lowest BCUT2D eigenvalue weighted by atomic mass is 9.82. The zero-order valence-electron chi connectivity index (χ0n) is 9.46. The fourth-order valence-corrected chi connectivity index (χ4v) is 2.67. The minimum atomic E-state index is -2.55. The van der Waals surface area contributed by atoms with Gasteiger partial charge < -0.3 is 11.1 Å². The Morgan fingerprint density at radius 2 is 2.00 bits per heavy atom. The average molecular weight is 262 g/mol. The molecule has 0 radical (unpaired) electrons. The van der Waals surface area contributed by atoms with E-state index in [1.165, 1.54) is 6.42 Å². The highest BCUT2D eigenvalue weighted by molar-refractivity contribution is 7.15. The molecule has 1 aliphatic carbocycles. The summed E-state index contributed by atoms with van der Waals surface area (Å²) in [5.74, 6) is 0. The molecule has 17 heavy (non-hydrogen) atoms. The molecule has 0 saturated heterocycles. The first-order valence-corrected chi connectivity index (χ1v) is 6.55. The van der Waals surface area contributed by atoms with Crippen molar-refractivity contribution in [3.63, 3.8) is 0 Å². The molecular formula is C10H16F2N4S. The summed E-state index contributed by atoms with van der Waals surface area (Å²) in [6.45, 7) is 0.574. The highest BCUT2D eigenvalue weighted by Gasteiger charge is 2.27. The summed E-state index contributed by atoms with van der Waals surface area (Å²) in [5.41, 5.74) is 5.99. The van der Waals surface area contributed by atoms with E-state index in [0.717, 1.165) is 37.0 Å². The van der Waals surface area contributed by atoms with Crippen molar-refractivity contribution in [3.05, 3.63) is 5.01 Å². The van der Waals surface area contributed by atoms with E-state index in [1.54, 1.807) is 0 Å². The number of alkyl halides is 2. The van der Waals surface area contributed by atoms with Crippen LogP contribution in [0.5, 0.6) is 0 Å². The fourth-order valence-electron chi connectivity index (χ4n) is 2.08. The fraction of sp³-hybridized carbons (Fsp3) is 0.800. The summed E-state index contributed by atoms with van der Waals surface area (Å²) in [6.07, 6.45) is 2.89. The number of hydrogen-bond acceptors (Lipinski definition) is 5. The maximum Gasteiger partial charge on any atom is 0.291 e. The van der Waals surface area contributed by atoms with Crippen LogP contribution in [0.15, 0.2) is 0 Å². The van der Waals surface area contributed by atoms with Gasteiger partial charge in [-0.05, 0) is 12.8 Å². The molecule has 1 aromatic rings. The van der Waals surface area contributed by atoms with Crippen LogP contribution in [0, 0.1) is 0 Å². The first-order valence-electron chi connectivity index (χ1n) is 5.73. The Labute approximate surface area is 103 Å². The Morgan fingerprint density at radius 1 is 1.29 bits per heavy atom. The number of aromatic nitrogens is 2. The Bertz CT molecular complexity index is 363. The minimum Gasteiger partial charge on any atom is -0.358 e. The van der Waals surface area contributed by atoms with Crippen molar-refractivity contribution in [2.24, 2.45) is 5.73 Å². The monoisotopic (exact) mass is 262 g/mol. The van der Waals surface area contributed by atoms with E-state index in [-0.39, 0.29) is 10.5 Å². The van der Waals surface area contributed by atoms with Gasteiger partial charge in [0, 0.05) is 12.1 Å². The largest absolute Gasteiger partial charge is 0.358 e. The lowest BCUT2D eigenvalue weighted by Gasteiger charge is -2.33. The van der Waals surface area contributed by atoms with Gasteiger partial charge in [-0.25, -0.2) is 8.78 Å². The number of halogens is 2. The van der Waals surface area contributed by atoms with Gasteiger partial charge >= 0.3 is 0 Å². The average Bonchev–Trinajstić information content (AvgIpc) is 2.76. The van der Waals surface area contributed by atoms with Crippen molar-refractivity contribution >= 4 is 16.5 Å². The van der Waals surface area contributed by atoms with Gasteiger partial charge in [0.2, 0.25) is 5.13 Å². The van der Waals surface area contributed by atoms with Gasteiger partial charge in [0.1, 0.15) is 0 Å². The van der Waals surface area contributed by atoms with Crippen molar-refractivity contribution in [2.75, 3.05) is 11.9 Å². The molecule has 1 saturated carbocycles. The van der Waals surface area contributed by atoms with E-state index in [4.69, 9.17) is 5.73 Å². The minimum absolute atomic E-state index is 0.227. The molecule has 1 aromatic heterocycles. The standard InChI is InChI=1S/C10H16F2N4S/c11-7(12)8-15-16-9(17-8)14-6-10(13)4-2-1-3-5-10/h7H,1-6,13H2,(H,14,16). The van der Waals surface area contributed by atoms with Crippen LogP contribution in [0.4, 0.5) is 13.9 Å². The molecule has 3 N–H and O–H groups in total. The predicted octanol–water partition coefficient (Wildman–Crippen LogP) is 2.55. The Morgan fingerprint density at radius 3 is 2.59 bits per heavy atom. The van der Waals surface area contributed by atoms with Gasteiger partial charge in [-0.1, -0.05) is 30.6 Å². The second-order valence-electron chi connectivity index (χ2n) is 4.52. The topological polar surface area (TPSA) is 63.8 Å². The van der Waals surface area contributed by atoms with Gasteiger partial charge in [0.15, 0.2) is 5.01 Å². The molecule has 4 nitrogen and oxygen atoms in total. The number of nitrogens with one attached hydrogen (secondary N) is 1. The van der Waals surface area contributed by atoms with E-state index in [0.29, 0.717) is 11.7 Å². The molecule has 2 rings (SSSR count). The molecular weight excluding hydrogens is 246 g/mol. The SMILES string of the molecule is NC1(CNc2nnc(C(F)F)s2)CCCCC1. The summed E-state index contributed by atoms with van der Waals surface area (Å²) in [5, 5.41) is 10.3. The maximum absolute atomic E-state index is 12.3. The normalized spacial score (nSPS) is 19.5. The molecule has 0 amide bonds. The number of rotatable bonds is 4. The Hall–Kier alpha value is -0.820. The quantitative estimate of drug-likeness (QED) is 0.875. The van der Waals surface area contributed by atoms with Gasteiger partial charge in [0.05, 0.1) is 0 Å². The van der Waals surface area contributed by atoms with Crippen molar-refractivity contribution in [2.45, 2.75) is 44.1 Å². The number of nitrogens with zero attached hydrogens (tertiary/aromatic N) is 2. The van der Waals surface area contributed by atoms with E-state index < -0.39 is 6.43 Å². The van der Waals surface area contributed by atoms with Crippen LogP contribution in [0.3, 0.4) is 0 Å². The van der Waals surface area contributed by atoms with Crippen molar-refractivity contribution in [3.8, 4) is 0 Å². The molecule has 0 unspecified atom stereocenters. The highest BCUT2D eigenvalue weighted by atomic mass is 32.1. The summed E-state index contributed by atoms with van der Waals surface area (Å²) in [7, 11) is 0. The van der Waals surface area contributed by atoms with Crippen molar-refractivity contribution in [1.29, 1.82) is 0 Å².